The predicted octanol–water partition coefficient (Wildman–Crippen LogP) is 0.944. The largest absolute Gasteiger partial charge is 0.326 e. The van der Waals surface area contributed by atoms with Crippen molar-refractivity contribution in [3.05, 3.63) is 33.2 Å². The monoisotopic (exact) mass is 176 g/mol. The second-order valence-corrected chi connectivity index (χ2v) is 3.99. The Morgan fingerprint density at radius 3 is 3.15 bits per heavy atom. The van der Waals surface area contributed by atoms with Crippen LogP contribution in [0.4, 0.5) is 0 Å². The van der Waals surface area contributed by atoms with Gasteiger partial charge in [0.25, 0.3) is 5.56 Å². The van der Waals surface area contributed by atoms with E-state index in [2.05, 4.69) is 16.0 Å². The molecule has 0 aliphatic carbocycles. The van der Waals surface area contributed by atoms with Crippen molar-refractivity contribution in [1.29, 1.82) is 0 Å². The molecule has 68 valence electrons. The van der Waals surface area contributed by atoms with Crippen molar-refractivity contribution < 1.29 is 0 Å². The molecule has 1 unspecified atom stereocenters. The van der Waals surface area contributed by atoms with Gasteiger partial charge in [0.15, 0.2) is 0 Å². The smallest absolute Gasteiger partial charge is 0.252 e. The lowest BCUT2D eigenvalue weighted by Crippen LogP contribution is -2.34. The van der Waals surface area contributed by atoms with Crippen molar-refractivity contribution >= 4 is 0 Å². The molecule has 0 radical (unpaired) electrons. The number of rotatable bonds is 0. The minimum Gasteiger partial charge on any atom is -0.326 e. The van der Waals surface area contributed by atoms with Gasteiger partial charge in [-0.3, -0.25) is 9.69 Å². The molecular weight excluding hydrogens is 164 g/mol. The van der Waals surface area contributed by atoms with Crippen molar-refractivity contribution in [1.82, 2.24) is 9.88 Å². The summed E-state index contributed by atoms with van der Waals surface area (Å²) in [5, 5.41) is 0. The third kappa shape index (κ3) is 0.851. The second-order valence-electron chi connectivity index (χ2n) is 3.99. The van der Waals surface area contributed by atoms with Crippen LogP contribution in [-0.4, -0.2) is 16.4 Å². The van der Waals surface area contributed by atoms with Gasteiger partial charge in [-0.1, -0.05) is 0 Å². The number of aromatic nitrogens is 1. The third-order valence-electron chi connectivity index (χ3n) is 3.16. The number of aryl methyl sites for hydroxylation is 1. The number of H-pyrrole nitrogens is 1. The van der Waals surface area contributed by atoms with Crippen molar-refractivity contribution in [3.8, 4) is 0 Å². The normalized spacial score (nSPS) is 25.2. The summed E-state index contributed by atoms with van der Waals surface area (Å²) in [6, 6.07) is 2.68. The van der Waals surface area contributed by atoms with Gasteiger partial charge < -0.3 is 4.98 Å². The molecule has 0 bridgehead atoms. The van der Waals surface area contributed by atoms with Crippen molar-refractivity contribution in [2.75, 3.05) is 6.54 Å². The molecule has 0 saturated carbocycles. The maximum absolute atomic E-state index is 11.6. The van der Waals surface area contributed by atoms with Crippen LogP contribution < -0.4 is 5.56 Å². The fourth-order valence-corrected chi connectivity index (χ4v) is 2.39. The zero-order valence-electron chi connectivity index (χ0n) is 7.63. The molecule has 3 heterocycles. The lowest BCUT2D eigenvalue weighted by atomic mass is 9.98. The number of hydrogen-bond donors (Lipinski definition) is 1. The summed E-state index contributed by atoms with van der Waals surface area (Å²) >= 11 is 0. The van der Waals surface area contributed by atoms with Crippen LogP contribution in [0.25, 0.3) is 0 Å². The number of hydrogen-bond acceptors (Lipinski definition) is 2. The Kier molecular flexibility index (Phi) is 1.26. The molecule has 3 rings (SSSR count). The van der Waals surface area contributed by atoms with Crippen molar-refractivity contribution in [2.45, 2.75) is 25.9 Å². The van der Waals surface area contributed by atoms with Gasteiger partial charge in [0, 0.05) is 30.4 Å². The molecule has 1 aromatic rings. The van der Waals surface area contributed by atoms with Crippen LogP contribution in [0.3, 0.4) is 0 Å². The number of nitrogens with zero attached hydrogens (tertiary/aromatic N) is 1. The van der Waals surface area contributed by atoms with Gasteiger partial charge in [0.2, 0.25) is 0 Å². The van der Waals surface area contributed by atoms with Crippen LogP contribution in [0.15, 0.2) is 10.9 Å². The molecule has 0 aromatic carbocycles. The van der Waals surface area contributed by atoms with Crippen LogP contribution in [0.1, 0.15) is 29.3 Å². The highest BCUT2D eigenvalue weighted by atomic mass is 16.1. The van der Waals surface area contributed by atoms with E-state index in [9.17, 15) is 4.79 Å². The summed E-state index contributed by atoms with van der Waals surface area (Å²) < 4.78 is 0. The van der Waals surface area contributed by atoms with Crippen LogP contribution in [0, 0.1) is 6.92 Å². The zero-order valence-corrected chi connectivity index (χ0v) is 7.63. The molecule has 2 aliphatic heterocycles. The number of nitrogens with one attached hydrogen (secondary N) is 1. The Labute approximate surface area is 76.4 Å². The fraction of sp³-hybridized carbons (Fsp3) is 0.500. The van der Waals surface area contributed by atoms with Gasteiger partial charge >= 0.3 is 0 Å². The highest BCUT2D eigenvalue weighted by Crippen LogP contribution is 2.41. The van der Waals surface area contributed by atoms with E-state index in [1.54, 1.807) is 0 Å². The minimum absolute atomic E-state index is 0.115. The average molecular weight is 176 g/mol. The highest BCUT2D eigenvalue weighted by molar-refractivity contribution is 5.35. The van der Waals surface area contributed by atoms with E-state index in [1.165, 1.54) is 12.0 Å². The number of aromatic amines is 1. The summed E-state index contributed by atoms with van der Waals surface area (Å²) in [7, 11) is 0. The van der Waals surface area contributed by atoms with E-state index in [-0.39, 0.29) is 5.56 Å². The molecule has 13 heavy (non-hydrogen) atoms. The van der Waals surface area contributed by atoms with Crippen LogP contribution >= 0.6 is 0 Å². The summed E-state index contributed by atoms with van der Waals surface area (Å²) in [5.74, 6) is 0. The van der Waals surface area contributed by atoms with Crippen LogP contribution in [0.2, 0.25) is 0 Å². The highest BCUT2D eigenvalue weighted by Gasteiger charge is 2.38. The first-order chi connectivity index (χ1) is 6.25. The van der Waals surface area contributed by atoms with E-state index >= 15 is 0 Å². The average Bonchev–Trinajstić information content (AvgIpc) is 2.22. The van der Waals surface area contributed by atoms with E-state index in [1.807, 2.05) is 6.92 Å². The van der Waals surface area contributed by atoms with Gasteiger partial charge in [0.05, 0.1) is 0 Å². The van der Waals surface area contributed by atoms with Gasteiger partial charge in [-0.25, -0.2) is 0 Å². The first kappa shape index (κ1) is 7.33. The molecular formula is C10H12N2O. The Bertz CT molecular complexity index is 421. The third-order valence-corrected chi connectivity index (χ3v) is 3.16. The molecule has 1 fully saturated rings. The molecule has 1 N–H and O–H groups in total. The predicted molar refractivity (Wildman–Crippen MR) is 49.6 cm³/mol. The maximum Gasteiger partial charge on any atom is 0.252 e. The molecule has 0 amide bonds. The van der Waals surface area contributed by atoms with E-state index in [4.69, 9.17) is 0 Å². The molecule has 3 nitrogen and oxygen atoms in total. The van der Waals surface area contributed by atoms with E-state index in [0.717, 1.165) is 24.3 Å². The van der Waals surface area contributed by atoms with Gasteiger partial charge in [0.1, 0.15) is 0 Å². The maximum atomic E-state index is 11.6. The Balaban J connectivity index is 2.23. The minimum atomic E-state index is 0.115. The molecule has 1 saturated heterocycles. The topological polar surface area (TPSA) is 36.1 Å². The fourth-order valence-electron chi connectivity index (χ4n) is 2.39. The van der Waals surface area contributed by atoms with Gasteiger partial charge in [-0.15, -0.1) is 0 Å². The van der Waals surface area contributed by atoms with Gasteiger partial charge in [-0.2, -0.15) is 0 Å². The molecule has 1 atom stereocenters. The lowest BCUT2D eigenvalue weighted by Gasteiger charge is -2.34. The Morgan fingerprint density at radius 2 is 2.46 bits per heavy atom. The summed E-state index contributed by atoms with van der Waals surface area (Å²) in [6.45, 7) is 3.95. The Morgan fingerprint density at radius 1 is 1.62 bits per heavy atom. The standard InChI is InChI=1S/C10H12N2O/c1-6-4-7-8(10(13)11-6)5-12-3-2-9(7)12/h4,9H,2-3,5H2,1H3,(H,11,13). The summed E-state index contributed by atoms with van der Waals surface area (Å²) in [6.07, 6.45) is 1.22. The summed E-state index contributed by atoms with van der Waals surface area (Å²) in [5.41, 5.74) is 3.36. The number of fused-ring (bicyclic) bond motifs is 3. The van der Waals surface area contributed by atoms with Crippen molar-refractivity contribution in [2.24, 2.45) is 0 Å². The lowest BCUT2D eigenvalue weighted by molar-refractivity contribution is 0.106. The SMILES string of the molecule is Cc1cc2c(c(=O)[nH]1)CN1CCC21. The zero-order chi connectivity index (χ0) is 9.00. The van der Waals surface area contributed by atoms with Gasteiger partial charge in [-0.05, 0) is 25.0 Å². The molecule has 3 heteroatoms. The van der Waals surface area contributed by atoms with E-state index in [0.29, 0.717) is 6.04 Å². The van der Waals surface area contributed by atoms with E-state index < -0.39 is 0 Å². The quantitative estimate of drug-likeness (QED) is 0.638. The Hall–Kier alpha value is -1.09. The van der Waals surface area contributed by atoms with Crippen LogP contribution in [0.5, 0.6) is 0 Å². The molecule has 2 aliphatic rings. The first-order valence-corrected chi connectivity index (χ1v) is 4.72. The number of pyridine rings is 1. The second kappa shape index (κ2) is 2.23. The molecule has 1 aromatic heterocycles. The van der Waals surface area contributed by atoms with Crippen LogP contribution in [-0.2, 0) is 6.54 Å². The summed E-state index contributed by atoms with van der Waals surface area (Å²) in [4.78, 5) is 16.8. The first-order valence-electron chi connectivity index (χ1n) is 4.72. The molecule has 0 spiro atoms. The van der Waals surface area contributed by atoms with Crippen molar-refractivity contribution in [3.63, 3.8) is 0 Å².